The largest absolute Gasteiger partial charge is 0.329 e. The zero-order chi connectivity index (χ0) is 14.1. The monoisotopic (exact) mass is 289 g/mol. The maximum absolute atomic E-state index is 6.12. The molecule has 0 saturated heterocycles. The van der Waals surface area contributed by atoms with Gasteiger partial charge in [0.1, 0.15) is 0 Å². The summed E-state index contributed by atoms with van der Waals surface area (Å²) in [6, 6.07) is 6.15. The number of hydrogen-bond donors (Lipinski definition) is 2. The van der Waals surface area contributed by atoms with Gasteiger partial charge < -0.3 is 11.1 Å². The molecule has 3 N–H and O–H groups in total. The average molecular weight is 290 g/mol. The smallest absolute Gasteiger partial charge is 0.0723 e. The zero-order valence-electron chi connectivity index (χ0n) is 11.7. The first-order valence-corrected chi connectivity index (χ1v) is 7.60. The normalized spacial score (nSPS) is 16.1. The molecule has 0 saturated carbocycles. The predicted octanol–water partition coefficient (Wildman–Crippen LogP) is 2.99. The number of nitrogens with one attached hydrogen (secondary N) is 1. The van der Waals surface area contributed by atoms with Crippen molar-refractivity contribution in [3.05, 3.63) is 40.0 Å². The van der Waals surface area contributed by atoms with Crippen LogP contribution in [0.3, 0.4) is 0 Å². The summed E-state index contributed by atoms with van der Waals surface area (Å²) in [7, 11) is 1.97. The van der Waals surface area contributed by atoms with Gasteiger partial charge in [0, 0.05) is 28.7 Å². The van der Waals surface area contributed by atoms with Crippen molar-refractivity contribution in [2.45, 2.75) is 31.7 Å². The Bertz CT molecular complexity index is 635. The van der Waals surface area contributed by atoms with Gasteiger partial charge in [0.15, 0.2) is 0 Å². The third-order valence-electron chi connectivity index (χ3n) is 4.20. The van der Waals surface area contributed by atoms with Crippen LogP contribution >= 0.6 is 11.6 Å². The van der Waals surface area contributed by atoms with Crippen molar-refractivity contribution in [2.24, 2.45) is 5.73 Å². The van der Waals surface area contributed by atoms with Crippen LogP contribution in [0.1, 0.15) is 35.7 Å². The second kappa shape index (κ2) is 5.68. The molecule has 0 fully saturated rings. The summed E-state index contributed by atoms with van der Waals surface area (Å²) in [5, 5.41) is 5.26. The van der Waals surface area contributed by atoms with E-state index in [1.165, 1.54) is 35.0 Å². The second-order valence-corrected chi connectivity index (χ2v) is 5.83. The lowest BCUT2D eigenvalue weighted by atomic mass is 9.87. The number of halogens is 1. The fraction of sp³-hybridized carbons (Fsp3) is 0.438. The summed E-state index contributed by atoms with van der Waals surface area (Å²) in [4.78, 5) is 4.84. The van der Waals surface area contributed by atoms with Gasteiger partial charge in [-0.05, 0) is 56.0 Å². The Morgan fingerprint density at radius 3 is 2.90 bits per heavy atom. The van der Waals surface area contributed by atoms with E-state index in [1.807, 2.05) is 19.2 Å². The number of nitrogens with two attached hydrogens (primary N) is 1. The number of nitrogens with zero attached hydrogens (tertiary/aromatic N) is 1. The van der Waals surface area contributed by atoms with Crippen LogP contribution in [0.5, 0.6) is 0 Å². The van der Waals surface area contributed by atoms with Crippen LogP contribution in [-0.2, 0) is 12.8 Å². The molecule has 1 aliphatic rings. The number of hydrogen-bond acceptors (Lipinski definition) is 3. The molecule has 0 bridgehead atoms. The zero-order valence-corrected chi connectivity index (χ0v) is 12.5. The van der Waals surface area contributed by atoms with E-state index in [1.54, 1.807) is 0 Å². The Kier molecular flexibility index (Phi) is 3.92. The van der Waals surface area contributed by atoms with Gasteiger partial charge in [0.2, 0.25) is 0 Å². The third kappa shape index (κ3) is 2.30. The average Bonchev–Trinajstić information content (AvgIpc) is 2.47. The van der Waals surface area contributed by atoms with Crippen molar-refractivity contribution in [3.8, 4) is 0 Å². The van der Waals surface area contributed by atoms with E-state index in [0.717, 1.165) is 23.4 Å². The summed E-state index contributed by atoms with van der Waals surface area (Å²) in [6.45, 7) is 0.588. The molecular formula is C16H20ClN3. The van der Waals surface area contributed by atoms with Crippen LogP contribution < -0.4 is 11.1 Å². The molecule has 106 valence electrons. The minimum absolute atomic E-state index is 0.175. The summed E-state index contributed by atoms with van der Waals surface area (Å²) in [6.07, 6.45) is 4.63. The van der Waals surface area contributed by atoms with Crippen molar-refractivity contribution in [1.29, 1.82) is 0 Å². The molecule has 1 heterocycles. The fourth-order valence-corrected chi connectivity index (χ4v) is 3.38. The van der Waals surface area contributed by atoms with Crippen molar-refractivity contribution >= 4 is 22.5 Å². The first-order chi connectivity index (χ1) is 9.74. The maximum Gasteiger partial charge on any atom is 0.0723 e. The lowest BCUT2D eigenvalue weighted by Gasteiger charge is -2.25. The molecule has 1 aliphatic carbocycles. The number of rotatable bonds is 3. The Morgan fingerprint density at radius 2 is 2.15 bits per heavy atom. The first-order valence-electron chi connectivity index (χ1n) is 7.23. The van der Waals surface area contributed by atoms with Crippen LogP contribution in [0, 0.1) is 0 Å². The van der Waals surface area contributed by atoms with Crippen molar-refractivity contribution in [3.63, 3.8) is 0 Å². The summed E-state index contributed by atoms with van der Waals surface area (Å²) in [5.41, 5.74) is 10.9. The van der Waals surface area contributed by atoms with E-state index in [0.29, 0.717) is 6.54 Å². The fourth-order valence-electron chi connectivity index (χ4n) is 3.21. The number of pyridine rings is 1. The van der Waals surface area contributed by atoms with Crippen LogP contribution in [0.4, 0.5) is 0 Å². The molecule has 3 rings (SSSR count). The van der Waals surface area contributed by atoms with Gasteiger partial charge in [0.25, 0.3) is 0 Å². The quantitative estimate of drug-likeness (QED) is 0.913. The lowest BCUT2D eigenvalue weighted by molar-refractivity contribution is 0.587. The van der Waals surface area contributed by atoms with E-state index in [-0.39, 0.29) is 6.04 Å². The number of likely N-dealkylation sites (N-methyl/N-ethyl adjacent to an activating group) is 1. The Hall–Kier alpha value is -1.16. The molecule has 3 nitrogen and oxygen atoms in total. The maximum atomic E-state index is 6.12. The number of aromatic nitrogens is 1. The SMILES string of the molecule is CNC(CN)c1c2c(nc3cc(Cl)ccc13)CCCC2. The van der Waals surface area contributed by atoms with Crippen LogP contribution in [0.15, 0.2) is 18.2 Å². The minimum Gasteiger partial charge on any atom is -0.329 e. The second-order valence-electron chi connectivity index (χ2n) is 5.40. The highest BCUT2D eigenvalue weighted by atomic mass is 35.5. The van der Waals surface area contributed by atoms with Gasteiger partial charge in [-0.3, -0.25) is 4.98 Å². The number of fused-ring (bicyclic) bond motifs is 2. The van der Waals surface area contributed by atoms with Gasteiger partial charge >= 0.3 is 0 Å². The molecule has 1 aromatic heterocycles. The van der Waals surface area contributed by atoms with E-state index in [4.69, 9.17) is 22.3 Å². The van der Waals surface area contributed by atoms with E-state index < -0.39 is 0 Å². The van der Waals surface area contributed by atoms with Crippen LogP contribution in [-0.4, -0.2) is 18.6 Å². The van der Waals surface area contributed by atoms with E-state index in [9.17, 15) is 0 Å². The molecule has 1 aromatic carbocycles. The number of aryl methyl sites for hydroxylation is 1. The minimum atomic E-state index is 0.175. The molecule has 0 spiro atoms. The van der Waals surface area contributed by atoms with Crippen LogP contribution in [0.2, 0.25) is 5.02 Å². The van der Waals surface area contributed by atoms with Gasteiger partial charge in [-0.25, -0.2) is 0 Å². The third-order valence-corrected chi connectivity index (χ3v) is 4.44. The molecular weight excluding hydrogens is 270 g/mol. The molecule has 1 unspecified atom stereocenters. The summed E-state index contributed by atoms with van der Waals surface area (Å²) < 4.78 is 0. The molecule has 0 aliphatic heterocycles. The Balaban J connectivity index is 2.31. The summed E-state index contributed by atoms with van der Waals surface area (Å²) in [5.74, 6) is 0. The Morgan fingerprint density at radius 1 is 1.35 bits per heavy atom. The standard InChI is InChI=1S/C16H20ClN3/c1-19-15(9-18)16-11-4-2-3-5-13(11)20-14-8-10(17)6-7-12(14)16/h6-8,15,19H,2-5,9,18H2,1H3. The van der Waals surface area contributed by atoms with E-state index in [2.05, 4.69) is 11.4 Å². The van der Waals surface area contributed by atoms with Crippen LogP contribution in [0.25, 0.3) is 10.9 Å². The number of benzene rings is 1. The summed E-state index contributed by atoms with van der Waals surface area (Å²) >= 11 is 6.12. The topological polar surface area (TPSA) is 50.9 Å². The molecule has 0 amide bonds. The highest BCUT2D eigenvalue weighted by Gasteiger charge is 2.22. The highest BCUT2D eigenvalue weighted by Crippen LogP contribution is 2.33. The molecule has 20 heavy (non-hydrogen) atoms. The molecule has 4 heteroatoms. The predicted molar refractivity (Wildman–Crippen MR) is 84.3 cm³/mol. The van der Waals surface area contributed by atoms with Gasteiger partial charge in [-0.2, -0.15) is 0 Å². The van der Waals surface area contributed by atoms with Gasteiger partial charge in [-0.1, -0.05) is 17.7 Å². The Labute approximate surface area is 124 Å². The van der Waals surface area contributed by atoms with Crippen molar-refractivity contribution in [1.82, 2.24) is 10.3 Å². The van der Waals surface area contributed by atoms with Gasteiger partial charge in [0.05, 0.1) is 5.52 Å². The lowest BCUT2D eigenvalue weighted by Crippen LogP contribution is -2.27. The first kappa shape index (κ1) is 13.8. The van der Waals surface area contributed by atoms with Gasteiger partial charge in [-0.15, -0.1) is 0 Å². The van der Waals surface area contributed by atoms with Crippen molar-refractivity contribution in [2.75, 3.05) is 13.6 Å². The highest BCUT2D eigenvalue weighted by molar-refractivity contribution is 6.31. The molecule has 2 aromatic rings. The molecule has 0 radical (unpaired) electrons. The van der Waals surface area contributed by atoms with Crippen molar-refractivity contribution < 1.29 is 0 Å². The molecule has 1 atom stereocenters. The van der Waals surface area contributed by atoms with E-state index >= 15 is 0 Å².